The molecule has 0 radical (unpaired) electrons. The van der Waals surface area contributed by atoms with Crippen LogP contribution < -0.4 is 85.5 Å². The van der Waals surface area contributed by atoms with E-state index in [4.69, 9.17) is 5.73 Å². The second-order valence-corrected chi connectivity index (χ2v) is 22.9. The Hall–Kier alpha value is -9.15. The minimum atomic E-state index is -1.36. The summed E-state index contributed by atoms with van der Waals surface area (Å²) in [5.41, 5.74) is 6.07. The number of benzene rings is 1. The SMILES string of the molecule is CSCC[C@H](NC(=O)[C@H](CCCCN)NC(C)=O)C(=O)N[C@@H](C)C(=O)N[C@@H](C)C(=O)N[C@@H](C)C(=O)N[C@@H](C)C(=O)N[C@@H](C)C(=O)N[C@@H](C)C(=O)N[C@@H](C)C(=O)N[C@@H](C)C(=O)N[C@@H](C)C(=O)N[C@@H](C)C(=O)N[C@@H](C)C(=O)NCC(=O)N[C@@H](Cc1ccc(O)cc1)C(=O)O. The van der Waals surface area contributed by atoms with Crippen LogP contribution in [0.3, 0.4) is 0 Å². The molecule has 14 atom stereocenters. The summed E-state index contributed by atoms with van der Waals surface area (Å²) >= 11 is 1.42. The van der Waals surface area contributed by atoms with Crippen molar-refractivity contribution in [3.63, 3.8) is 0 Å². The number of nitrogens with two attached hydrogens (primary N) is 1. The number of hydrogen-bond acceptors (Lipinski definition) is 19. The molecule has 0 fully saturated rings. The zero-order valence-corrected chi connectivity index (χ0v) is 54.8. The van der Waals surface area contributed by atoms with E-state index in [1.54, 1.807) is 6.26 Å². The van der Waals surface area contributed by atoms with Crippen molar-refractivity contribution in [2.45, 2.75) is 200 Å². The lowest BCUT2D eigenvalue weighted by Crippen LogP contribution is -2.59. The number of phenolic OH excluding ortho intramolecular Hbond substituents is 1. The number of carboxylic acids is 1. The molecule has 92 heavy (non-hydrogen) atoms. The van der Waals surface area contributed by atoms with Crippen molar-refractivity contribution in [2.24, 2.45) is 5.73 Å². The smallest absolute Gasteiger partial charge is 0.326 e. The van der Waals surface area contributed by atoms with Gasteiger partial charge in [-0.15, -0.1) is 0 Å². The lowest BCUT2D eigenvalue weighted by Gasteiger charge is -2.25. The van der Waals surface area contributed by atoms with Gasteiger partial charge < -0.3 is 95.7 Å². The zero-order valence-electron chi connectivity index (χ0n) is 54.0. The van der Waals surface area contributed by atoms with Crippen LogP contribution in [0.2, 0.25) is 0 Å². The number of aromatic hydroxyl groups is 1. The fraction of sp³-hybridized carbons (Fsp3) is 0.614. The molecule has 0 saturated carbocycles. The Morgan fingerprint density at radius 3 is 0.978 bits per heavy atom. The summed E-state index contributed by atoms with van der Waals surface area (Å²) in [6, 6.07) is -11.5. The van der Waals surface area contributed by atoms with E-state index in [1.807, 2.05) is 0 Å². The molecular weight excluding hydrogens is 1230 g/mol. The largest absolute Gasteiger partial charge is 0.508 e. The van der Waals surface area contributed by atoms with E-state index < -0.39 is 186 Å². The van der Waals surface area contributed by atoms with Gasteiger partial charge in [-0.2, -0.15) is 11.8 Å². The van der Waals surface area contributed by atoms with Crippen LogP contribution in [0, 0.1) is 0 Å². The number of carboxylic acid groups (broad SMARTS) is 1. The van der Waals surface area contributed by atoms with Gasteiger partial charge in [0.25, 0.3) is 0 Å². The van der Waals surface area contributed by atoms with Crippen LogP contribution in [-0.4, -0.2) is 214 Å². The molecule has 0 spiro atoms. The first-order valence-electron chi connectivity index (χ1n) is 29.6. The lowest BCUT2D eigenvalue weighted by atomic mass is 10.1. The van der Waals surface area contributed by atoms with E-state index >= 15 is 0 Å². The summed E-state index contributed by atoms with van der Waals surface area (Å²) in [6.07, 6.45) is 3.33. The Kier molecular flexibility index (Phi) is 35.7. The Morgan fingerprint density at radius 2 is 0.685 bits per heavy atom. The monoisotopic (exact) mass is 1320 g/mol. The highest BCUT2D eigenvalue weighted by molar-refractivity contribution is 7.98. The van der Waals surface area contributed by atoms with E-state index in [2.05, 4.69) is 79.8 Å². The van der Waals surface area contributed by atoms with Gasteiger partial charge in [0.1, 0.15) is 90.3 Å². The molecule has 1 aromatic rings. The molecule has 514 valence electrons. The average Bonchev–Trinajstić information content (AvgIpc) is 2.14. The van der Waals surface area contributed by atoms with Crippen LogP contribution in [-0.2, 0) is 83.1 Å². The van der Waals surface area contributed by atoms with Crippen LogP contribution in [0.15, 0.2) is 24.3 Å². The maximum absolute atomic E-state index is 13.3. The van der Waals surface area contributed by atoms with Crippen molar-refractivity contribution in [3.05, 3.63) is 29.8 Å². The molecule has 0 unspecified atom stereocenters. The van der Waals surface area contributed by atoms with E-state index in [9.17, 15) is 86.9 Å². The average molecular weight is 1320 g/mol. The number of carbonyl (C=O) groups excluding carboxylic acids is 15. The van der Waals surface area contributed by atoms with E-state index in [0.717, 1.165) is 0 Å². The van der Waals surface area contributed by atoms with Gasteiger partial charge in [-0.25, -0.2) is 4.79 Å². The van der Waals surface area contributed by atoms with Crippen LogP contribution in [0.1, 0.15) is 114 Å². The summed E-state index contributed by atoms with van der Waals surface area (Å²) in [5, 5.41) is 55.2. The molecule has 0 heterocycles. The molecular formula is C57H92N16O18S. The molecule has 1 rings (SSSR count). The number of amides is 15. The van der Waals surface area contributed by atoms with E-state index in [1.165, 1.54) is 119 Å². The van der Waals surface area contributed by atoms with Crippen LogP contribution in [0.5, 0.6) is 5.75 Å². The third-order valence-electron chi connectivity index (χ3n) is 13.6. The molecule has 1 aromatic carbocycles. The van der Waals surface area contributed by atoms with Crippen molar-refractivity contribution in [3.8, 4) is 5.75 Å². The van der Waals surface area contributed by atoms with Crippen molar-refractivity contribution < 1.29 is 86.9 Å². The summed E-state index contributed by atoms with van der Waals surface area (Å²) in [5.74, 6) is -12.6. The normalized spacial score (nSPS) is 15.4. The second-order valence-electron chi connectivity index (χ2n) is 22.0. The third-order valence-corrected chi connectivity index (χ3v) is 14.2. The molecule has 0 bridgehead atoms. The molecule has 0 saturated heterocycles. The van der Waals surface area contributed by atoms with Gasteiger partial charge in [-0.05, 0) is 138 Å². The molecule has 0 aromatic heterocycles. The van der Waals surface area contributed by atoms with Crippen LogP contribution >= 0.6 is 11.8 Å². The minimum Gasteiger partial charge on any atom is -0.508 e. The molecule has 34 nitrogen and oxygen atoms in total. The van der Waals surface area contributed by atoms with Crippen LogP contribution in [0.4, 0.5) is 0 Å². The zero-order chi connectivity index (χ0) is 70.3. The maximum atomic E-state index is 13.3. The molecule has 19 N–H and O–H groups in total. The number of nitrogens with one attached hydrogen (secondary N) is 15. The Balaban J connectivity index is 2.61. The van der Waals surface area contributed by atoms with Gasteiger partial charge in [-0.1, -0.05) is 12.1 Å². The number of carbonyl (C=O) groups is 16. The lowest BCUT2D eigenvalue weighted by molar-refractivity contribution is -0.141. The number of thioether (sulfide) groups is 1. The standard InChI is InChI=1S/C57H92N16O18S/c1-26(44(77)59-25-43(76)72-42(57(90)91)24-38-17-19-39(75)20-18-38)60-45(78)27(2)61-46(79)28(3)62-47(80)29(4)63-48(81)30(5)64-49(82)31(6)65-50(83)32(7)66-51(84)33(8)67-52(85)34(9)68-53(86)35(10)69-54(87)36(11)70-55(88)41(21-23-92-13)73-56(89)40(71-37(12)74)16-14-15-22-58/h17-20,26-36,40-42,75H,14-16,21-25,58H2,1-13H3,(H,59,77)(H,60,78)(H,61,79)(H,62,80)(H,63,81)(H,64,82)(H,65,83)(H,66,84)(H,67,85)(H,68,86)(H,69,87)(H,70,88)(H,71,74)(H,72,76)(H,73,89)(H,90,91)/t26-,27-,28-,29-,30-,31-,32-,33-,34-,35-,36-,40-,41-,42-/m0/s1. The topological polar surface area (TPSA) is 520 Å². The number of rotatable bonds is 39. The quantitative estimate of drug-likeness (QED) is 0.0273. The fourth-order valence-electron chi connectivity index (χ4n) is 7.84. The molecule has 0 aliphatic heterocycles. The predicted molar refractivity (Wildman–Crippen MR) is 333 cm³/mol. The predicted octanol–water partition coefficient (Wildman–Crippen LogP) is -5.96. The van der Waals surface area contributed by atoms with Crippen molar-refractivity contribution in [2.75, 3.05) is 25.1 Å². The summed E-state index contributed by atoms with van der Waals surface area (Å²) in [6.45, 7) is 15.2. The molecule has 15 amide bonds. The third kappa shape index (κ3) is 30.1. The number of phenols is 1. The Labute approximate surface area is 537 Å². The van der Waals surface area contributed by atoms with Gasteiger partial charge in [-0.3, -0.25) is 71.9 Å². The highest BCUT2D eigenvalue weighted by Crippen LogP contribution is 2.12. The maximum Gasteiger partial charge on any atom is 0.326 e. The fourth-order valence-corrected chi connectivity index (χ4v) is 8.31. The Morgan fingerprint density at radius 1 is 0.391 bits per heavy atom. The first kappa shape index (κ1) is 80.9. The van der Waals surface area contributed by atoms with Crippen molar-refractivity contribution in [1.29, 1.82) is 0 Å². The summed E-state index contributed by atoms with van der Waals surface area (Å²) in [7, 11) is 0. The highest BCUT2D eigenvalue weighted by atomic mass is 32.2. The number of unbranched alkanes of at least 4 members (excludes halogenated alkanes) is 1. The van der Waals surface area contributed by atoms with Crippen LogP contribution in [0.25, 0.3) is 0 Å². The van der Waals surface area contributed by atoms with Crippen molar-refractivity contribution in [1.82, 2.24) is 79.8 Å². The van der Waals surface area contributed by atoms with Gasteiger partial charge in [0.15, 0.2) is 0 Å². The van der Waals surface area contributed by atoms with Gasteiger partial charge in [0, 0.05) is 13.3 Å². The van der Waals surface area contributed by atoms with E-state index in [0.29, 0.717) is 30.7 Å². The summed E-state index contributed by atoms with van der Waals surface area (Å²) in [4.78, 5) is 205. The first-order valence-corrected chi connectivity index (χ1v) is 31.0. The van der Waals surface area contributed by atoms with Gasteiger partial charge >= 0.3 is 5.97 Å². The molecule has 0 aliphatic rings. The molecule has 35 heteroatoms. The van der Waals surface area contributed by atoms with E-state index in [-0.39, 0.29) is 25.0 Å². The number of hydrogen-bond donors (Lipinski definition) is 18. The number of aliphatic carboxylic acids is 1. The Bertz CT molecular complexity index is 2800. The molecule has 0 aliphatic carbocycles. The van der Waals surface area contributed by atoms with Gasteiger partial charge in [0.05, 0.1) is 6.54 Å². The minimum absolute atomic E-state index is 0.0341. The van der Waals surface area contributed by atoms with Gasteiger partial charge in [0.2, 0.25) is 88.6 Å². The van der Waals surface area contributed by atoms with Crippen molar-refractivity contribution >= 4 is 106 Å². The first-order chi connectivity index (χ1) is 42.9. The second kappa shape index (κ2) is 40.6. The highest BCUT2D eigenvalue weighted by Gasteiger charge is 2.33. The summed E-state index contributed by atoms with van der Waals surface area (Å²) < 4.78 is 0.